The van der Waals surface area contributed by atoms with Gasteiger partial charge in [-0.3, -0.25) is 0 Å². The van der Waals surface area contributed by atoms with Gasteiger partial charge >= 0.3 is 12.2 Å². The van der Waals surface area contributed by atoms with Crippen LogP contribution in [0.2, 0.25) is 0 Å². The van der Waals surface area contributed by atoms with Crippen molar-refractivity contribution in [1.82, 2.24) is 30.5 Å². The van der Waals surface area contributed by atoms with E-state index in [0.717, 1.165) is 26.2 Å². The maximum atomic E-state index is 11.8. The molecule has 0 aliphatic carbocycles. The Bertz CT molecular complexity index is 825. The van der Waals surface area contributed by atoms with Crippen molar-refractivity contribution >= 4 is 30.0 Å². The van der Waals surface area contributed by atoms with E-state index in [2.05, 4.69) is 46.4 Å². The number of ether oxygens (including phenoxy) is 2. The molecule has 1 aliphatic rings. The van der Waals surface area contributed by atoms with Gasteiger partial charge in [-0.05, 0) is 80.3 Å². The van der Waals surface area contributed by atoms with Crippen LogP contribution in [-0.2, 0) is 9.47 Å². The monoisotopic (exact) mass is 551 g/mol. The largest absolute Gasteiger partial charge is 0.444 e. The molecule has 2 heterocycles. The molecule has 1 aromatic heterocycles. The van der Waals surface area contributed by atoms with E-state index in [9.17, 15) is 9.59 Å². The summed E-state index contributed by atoms with van der Waals surface area (Å²) in [5.41, 5.74) is -1.06. The molecular formula is C26H49N9O4. The molecule has 2 amide bonds. The first-order valence-electron chi connectivity index (χ1n) is 14.0. The first-order chi connectivity index (χ1) is 18.4. The lowest BCUT2D eigenvalue weighted by Crippen LogP contribution is -2.34. The lowest BCUT2D eigenvalue weighted by Gasteiger charge is -2.26. The summed E-state index contributed by atoms with van der Waals surface area (Å²) in [5.74, 6) is 1.38. The summed E-state index contributed by atoms with van der Waals surface area (Å²) in [7, 11) is 0. The lowest BCUT2D eigenvalue weighted by atomic mass is 10.1. The van der Waals surface area contributed by atoms with E-state index >= 15 is 0 Å². The second-order valence-electron chi connectivity index (χ2n) is 11.6. The Balaban J connectivity index is 1.83. The fourth-order valence-corrected chi connectivity index (χ4v) is 3.71. The molecule has 0 bridgehead atoms. The zero-order chi connectivity index (χ0) is 28.7. The molecular weight excluding hydrogens is 502 g/mol. The minimum absolute atomic E-state index is 0.435. The van der Waals surface area contributed by atoms with E-state index in [-0.39, 0.29) is 0 Å². The Morgan fingerprint density at radius 2 is 1.08 bits per heavy atom. The van der Waals surface area contributed by atoms with Crippen molar-refractivity contribution in [2.45, 2.75) is 84.8 Å². The molecule has 0 atom stereocenters. The van der Waals surface area contributed by atoms with Crippen molar-refractivity contribution in [3.8, 4) is 0 Å². The average Bonchev–Trinajstić information content (AvgIpc) is 2.82. The van der Waals surface area contributed by atoms with Crippen molar-refractivity contribution < 1.29 is 19.1 Å². The molecule has 1 fully saturated rings. The quantitative estimate of drug-likeness (QED) is 0.216. The summed E-state index contributed by atoms with van der Waals surface area (Å²) < 4.78 is 10.5. The van der Waals surface area contributed by atoms with Crippen LogP contribution in [0.5, 0.6) is 0 Å². The number of amides is 2. The average molecular weight is 552 g/mol. The molecule has 0 unspecified atom stereocenters. The van der Waals surface area contributed by atoms with Crippen LogP contribution in [0.4, 0.5) is 27.4 Å². The predicted octanol–water partition coefficient (Wildman–Crippen LogP) is 3.42. The number of carbonyl (C=O) groups is 2. The van der Waals surface area contributed by atoms with Gasteiger partial charge in [0.25, 0.3) is 0 Å². The van der Waals surface area contributed by atoms with E-state index in [1.54, 1.807) is 0 Å². The first-order valence-corrected chi connectivity index (χ1v) is 14.0. The third-order valence-electron chi connectivity index (χ3n) is 5.41. The minimum atomic E-state index is -0.528. The molecule has 39 heavy (non-hydrogen) atoms. The van der Waals surface area contributed by atoms with Gasteiger partial charge in [-0.15, -0.1) is 0 Å². The number of anilines is 3. The van der Waals surface area contributed by atoms with Crippen LogP contribution in [0.25, 0.3) is 0 Å². The standard InChI is InChI=1S/C26H49N9O4/c1-25(2,3)38-23(36)30-14-10-12-27-20-32-21(28-13-11-15-31-24(37)39-26(4,5)6)34-22(33-20)29-16-19-35-17-8-7-9-18-35/h7-19H2,1-6H3,(H,30,36)(H,31,37)(H3,27,28,29,32,33,34). The van der Waals surface area contributed by atoms with E-state index in [0.29, 0.717) is 56.9 Å². The fraction of sp³-hybridized carbons (Fsp3) is 0.808. The smallest absolute Gasteiger partial charge is 0.407 e. The van der Waals surface area contributed by atoms with Crippen molar-refractivity contribution in [3.63, 3.8) is 0 Å². The van der Waals surface area contributed by atoms with Gasteiger partial charge in [0.2, 0.25) is 17.8 Å². The predicted molar refractivity (Wildman–Crippen MR) is 153 cm³/mol. The Labute approximate surface area is 233 Å². The van der Waals surface area contributed by atoms with Crippen LogP contribution in [0.15, 0.2) is 0 Å². The van der Waals surface area contributed by atoms with Gasteiger partial charge in [-0.25, -0.2) is 9.59 Å². The van der Waals surface area contributed by atoms with E-state index < -0.39 is 23.4 Å². The summed E-state index contributed by atoms with van der Waals surface area (Å²) in [5, 5.41) is 15.2. The summed E-state index contributed by atoms with van der Waals surface area (Å²) in [4.78, 5) is 39.6. The van der Waals surface area contributed by atoms with Crippen molar-refractivity contribution in [2.24, 2.45) is 0 Å². The number of nitrogens with one attached hydrogen (secondary N) is 5. The normalized spacial score (nSPS) is 14.3. The maximum Gasteiger partial charge on any atom is 0.407 e. The third-order valence-corrected chi connectivity index (χ3v) is 5.41. The SMILES string of the molecule is CC(C)(C)OC(=O)NCCCNc1nc(NCCCNC(=O)OC(C)(C)C)nc(NCCN2CCCCC2)n1. The van der Waals surface area contributed by atoms with Crippen LogP contribution in [0.1, 0.15) is 73.6 Å². The van der Waals surface area contributed by atoms with Gasteiger partial charge in [-0.2, -0.15) is 15.0 Å². The van der Waals surface area contributed by atoms with Crippen LogP contribution in [-0.4, -0.2) is 95.6 Å². The number of hydrogen-bond donors (Lipinski definition) is 5. The van der Waals surface area contributed by atoms with E-state index in [1.807, 2.05) is 41.5 Å². The summed E-state index contributed by atoms with van der Waals surface area (Å²) >= 11 is 0. The van der Waals surface area contributed by atoms with Crippen LogP contribution in [0, 0.1) is 0 Å². The highest BCUT2D eigenvalue weighted by molar-refractivity contribution is 5.67. The fourth-order valence-electron chi connectivity index (χ4n) is 3.71. The molecule has 0 radical (unpaired) electrons. The Kier molecular flexibility index (Phi) is 13.3. The molecule has 1 aromatic rings. The van der Waals surface area contributed by atoms with Gasteiger partial charge in [0.15, 0.2) is 0 Å². The third kappa shape index (κ3) is 15.8. The number of rotatable bonds is 14. The Morgan fingerprint density at radius 1 is 0.667 bits per heavy atom. The van der Waals surface area contributed by atoms with Gasteiger partial charge < -0.3 is 41.0 Å². The molecule has 13 heteroatoms. The van der Waals surface area contributed by atoms with Crippen molar-refractivity contribution in [1.29, 1.82) is 0 Å². The number of carbonyl (C=O) groups excluding carboxylic acids is 2. The number of hydrogen-bond acceptors (Lipinski definition) is 11. The summed E-state index contributed by atoms with van der Waals surface area (Å²) in [6.07, 6.45) is 4.27. The van der Waals surface area contributed by atoms with Gasteiger partial charge in [-0.1, -0.05) is 6.42 Å². The number of nitrogens with zero attached hydrogens (tertiary/aromatic N) is 4. The Morgan fingerprint density at radius 3 is 1.49 bits per heavy atom. The zero-order valence-corrected chi connectivity index (χ0v) is 24.6. The second-order valence-corrected chi connectivity index (χ2v) is 11.6. The maximum absolute atomic E-state index is 11.8. The highest BCUT2D eigenvalue weighted by Crippen LogP contribution is 2.12. The lowest BCUT2D eigenvalue weighted by molar-refractivity contribution is 0.0516. The van der Waals surface area contributed by atoms with E-state index in [4.69, 9.17) is 9.47 Å². The van der Waals surface area contributed by atoms with Crippen LogP contribution >= 0.6 is 0 Å². The molecule has 1 aliphatic heterocycles. The van der Waals surface area contributed by atoms with Crippen LogP contribution < -0.4 is 26.6 Å². The topological polar surface area (TPSA) is 155 Å². The highest BCUT2D eigenvalue weighted by Gasteiger charge is 2.16. The highest BCUT2D eigenvalue weighted by atomic mass is 16.6. The molecule has 2 rings (SSSR count). The van der Waals surface area contributed by atoms with E-state index in [1.165, 1.54) is 19.3 Å². The zero-order valence-electron chi connectivity index (χ0n) is 24.6. The van der Waals surface area contributed by atoms with Crippen molar-refractivity contribution in [2.75, 3.05) is 68.3 Å². The summed E-state index contributed by atoms with van der Waals surface area (Å²) in [6, 6.07) is 0. The molecule has 0 aromatic carbocycles. The van der Waals surface area contributed by atoms with Gasteiger partial charge in [0.05, 0.1) is 0 Å². The molecule has 13 nitrogen and oxygen atoms in total. The number of alkyl carbamates (subject to hydrolysis) is 2. The number of likely N-dealkylation sites (tertiary alicyclic amines) is 1. The minimum Gasteiger partial charge on any atom is -0.444 e. The Hall–Kier alpha value is -3.09. The molecule has 222 valence electrons. The van der Waals surface area contributed by atoms with Crippen LogP contribution in [0.3, 0.4) is 0 Å². The summed E-state index contributed by atoms with van der Waals surface area (Å²) in [6.45, 7) is 17.0. The number of aromatic nitrogens is 3. The van der Waals surface area contributed by atoms with Gasteiger partial charge in [0.1, 0.15) is 11.2 Å². The van der Waals surface area contributed by atoms with Gasteiger partial charge in [0, 0.05) is 39.3 Å². The van der Waals surface area contributed by atoms with Crippen molar-refractivity contribution in [3.05, 3.63) is 0 Å². The molecule has 5 N–H and O–H groups in total. The molecule has 1 saturated heterocycles. The molecule has 0 spiro atoms. The first kappa shape index (κ1) is 32.1. The molecule has 0 saturated carbocycles. The number of piperidine rings is 1. The second kappa shape index (κ2) is 16.1.